The molecule has 0 unspecified atom stereocenters. The highest BCUT2D eigenvalue weighted by Crippen LogP contribution is 2.36. The van der Waals surface area contributed by atoms with Gasteiger partial charge in [0.05, 0.1) is 11.3 Å². The Morgan fingerprint density at radius 2 is 1.26 bits per heavy atom. The number of hydrogen-bond donors (Lipinski definition) is 0. The van der Waals surface area contributed by atoms with Crippen molar-refractivity contribution < 1.29 is 8.98 Å². The van der Waals surface area contributed by atoms with Crippen LogP contribution < -0.4 is 4.57 Å². The van der Waals surface area contributed by atoms with E-state index >= 15 is 0 Å². The summed E-state index contributed by atoms with van der Waals surface area (Å²) < 4.78 is 8.78. The number of hydrogen-bond acceptors (Lipinski definition) is 1. The van der Waals surface area contributed by atoms with Crippen molar-refractivity contribution in [3.8, 4) is 0 Å². The van der Waals surface area contributed by atoms with Crippen LogP contribution >= 0.6 is 0 Å². The molecule has 0 saturated heterocycles. The third-order valence-corrected chi connectivity index (χ3v) is 4.55. The van der Waals surface area contributed by atoms with E-state index in [9.17, 15) is 0 Å². The van der Waals surface area contributed by atoms with Gasteiger partial charge in [0.1, 0.15) is 0 Å². The minimum Gasteiger partial charge on any atom is -0.400 e. The summed E-state index contributed by atoms with van der Waals surface area (Å²) >= 11 is 0. The molecule has 116 valence electrons. The fourth-order valence-electron chi connectivity index (χ4n) is 3.61. The minimum atomic E-state index is 0.349. The first-order chi connectivity index (χ1) is 11.1. The Hall–Kier alpha value is -2.35. The highest BCUT2D eigenvalue weighted by molar-refractivity contribution is 6.21. The second kappa shape index (κ2) is 5.09. The molecule has 1 aromatic heterocycles. The van der Waals surface area contributed by atoms with Crippen molar-refractivity contribution in [1.29, 1.82) is 0 Å². The third kappa shape index (κ3) is 1.98. The van der Waals surface area contributed by atoms with E-state index in [1.54, 1.807) is 0 Å². The first kappa shape index (κ1) is 14.3. The topological polar surface area (TPSA) is 17.0 Å². The van der Waals surface area contributed by atoms with Gasteiger partial charge >= 0.3 is 5.89 Å². The molecule has 3 aromatic carbocycles. The smallest absolute Gasteiger partial charge is 0.350 e. The van der Waals surface area contributed by atoms with Crippen LogP contribution in [0, 0.1) is 0 Å². The molecule has 0 spiro atoms. The molecule has 0 aliphatic heterocycles. The summed E-state index contributed by atoms with van der Waals surface area (Å²) in [5.74, 6) is 1.40. The number of aromatic nitrogens is 1. The van der Waals surface area contributed by atoms with E-state index in [1.807, 2.05) is 0 Å². The van der Waals surface area contributed by atoms with Crippen molar-refractivity contribution in [1.82, 2.24) is 0 Å². The van der Waals surface area contributed by atoms with E-state index < -0.39 is 0 Å². The van der Waals surface area contributed by atoms with Crippen molar-refractivity contribution in [2.45, 2.75) is 39.7 Å². The van der Waals surface area contributed by atoms with Gasteiger partial charge < -0.3 is 4.42 Å². The second-order valence-electron chi connectivity index (χ2n) is 6.83. The fourth-order valence-corrected chi connectivity index (χ4v) is 3.61. The van der Waals surface area contributed by atoms with Crippen LogP contribution in [0.1, 0.15) is 45.5 Å². The number of fused-ring (bicyclic) bond motifs is 6. The number of rotatable bonds is 2. The zero-order chi connectivity index (χ0) is 16.1. The lowest BCUT2D eigenvalue weighted by Gasteiger charge is -2.06. The van der Waals surface area contributed by atoms with Gasteiger partial charge in [-0.05, 0) is 44.5 Å². The standard InChI is InChI=1S/C21H22NO/c1-13(2)21-22(14(3)4)19-17-11-7-5-9-15(17)16-10-6-8-12-18(16)20(19)23-21/h5-14H,1-4H3/q+1. The van der Waals surface area contributed by atoms with Gasteiger partial charge in [-0.15, -0.1) is 0 Å². The predicted molar refractivity (Wildman–Crippen MR) is 95.9 cm³/mol. The summed E-state index contributed by atoms with van der Waals surface area (Å²) in [6, 6.07) is 17.6. The Labute approximate surface area is 136 Å². The average Bonchev–Trinajstić information content (AvgIpc) is 2.96. The normalized spacial score (nSPS) is 12.3. The predicted octanol–water partition coefficient (Wildman–Crippen LogP) is 5.73. The number of nitrogens with zero attached hydrogens (tertiary/aromatic N) is 1. The zero-order valence-corrected chi connectivity index (χ0v) is 14.1. The molecule has 23 heavy (non-hydrogen) atoms. The molecule has 2 nitrogen and oxygen atoms in total. The molecule has 0 aliphatic rings. The molecule has 0 N–H and O–H groups in total. The Morgan fingerprint density at radius 1 is 0.739 bits per heavy atom. The van der Waals surface area contributed by atoms with Crippen molar-refractivity contribution in [2.75, 3.05) is 0 Å². The molecular weight excluding hydrogens is 282 g/mol. The Kier molecular flexibility index (Phi) is 3.15. The summed E-state index contributed by atoms with van der Waals surface area (Å²) in [4.78, 5) is 0. The van der Waals surface area contributed by atoms with Crippen molar-refractivity contribution in [2.24, 2.45) is 0 Å². The molecule has 0 radical (unpaired) electrons. The fraction of sp³-hybridized carbons (Fsp3) is 0.286. The molecule has 0 saturated carbocycles. The largest absolute Gasteiger partial charge is 0.400 e. The van der Waals surface area contributed by atoms with Crippen LogP contribution in [0.5, 0.6) is 0 Å². The average molecular weight is 304 g/mol. The third-order valence-electron chi connectivity index (χ3n) is 4.55. The van der Waals surface area contributed by atoms with E-state index in [1.165, 1.54) is 27.1 Å². The molecule has 0 bridgehead atoms. The van der Waals surface area contributed by atoms with Gasteiger partial charge in [-0.1, -0.05) is 42.5 Å². The number of benzene rings is 3. The lowest BCUT2D eigenvalue weighted by Crippen LogP contribution is -2.39. The Bertz CT molecular complexity index is 1020. The zero-order valence-electron chi connectivity index (χ0n) is 14.1. The van der Waals surface area contributed by atoms with Crippen molar-refractivity contribution in [3.63, 3.8) is 0 Å². The number of oxazole rings is 1. The van der Waals surface area contributed by atoms with Crippen LogP contribution in [0.2, 0.25) is 0 Å². The van der Waals surface area contributed by atoms with Gasteiger partial charge in [-0.2, -0.15) is 4.57 Å². The summed E-state index contributed by atoms with van der Waals surface area (Å²) in [6.07, 6.45) is 0. The highest BCUT2D eigenvalue weighted by atomic mass is 16.4. The molecule has 0 amide bonds. The first-order valence-corrected chi connectivity index (χ1v) is 8.37. The van der Waals surface area contributed by atoms with Crippen molar-refractivity contribution >= 4 is 32.6 Å². The molecule has 0 atom stereocenters. The van der Waals surface area contributed by atoms with E-state index in [0.717, 1.165) is 11.5 Å². The van der Waals surface area contributed by atoms with Gasteiger partial charge in [-0.25, -0.2) is 0 Å². The van der Waals surface area contributed by atoms with E-state index in [0.29, 0.717) is 12.0 Å². The van der Waals surface area contributed by atoms with Crippen LogP contribution in [0.4, 0.5) is 0 Å². The van der Waals surface area contributed by atoms with Crippen LogP contribution in [-0.4, -0.2) is 0 Å². The van der Waals surface area contributed by atoms with Gasteiger partial charge in [0.15, 0.2) is 6.04 Å². The molecule has 4 aromatic rings. The maximum atomic E-state index is 6.41. The molecule has 0 fully saturated rings. The summed E-state index contributed by atoms with van der Waals surface area (Å²) in [6.45, 7) is 8.84. The van der Waals surface area contributed by atoms with Crippen molar-refractivity contribution in [3.05, 3.63) is 54.4 Å². The van der Waals surface area contributed by atoms with Gasteiger partial charge in [0.25, 0.3) is 5.52 Å². The van der Waals surface area contributed by atoms with E-state index in [-0.39, 0.29) is 0 Å². The maximum absolute atomic E-state index is 6.41. The van der Waals surface area contributed by atoms with E-state index in [4.69, 9.17) is 4.42 Å². The molecule has 4 rings (SSSR count). The minimum absolute atomic E-state index is 0.349. The van der Waals surface area contributed by atoms with Gasteiger partial charge in [0.2, 0.25) is 5.58 Å². The SMILES string of the molecule is CC(C)c1oc2c3ccccc3c3ccccc3c2[n+]1C(C)C. The monoisotopic (exact) mass is 304 g/mol. The van der Waals surface area contributed by atoms with Gasteiger partial charge in [-0.3, -0.25) is 0 Å². The lowest BCUT2D eigenvalue weighted by atomic mass is 10.00. The lowest BCUT2D eigenvalue weighted by molar-refractivity contribution is -0.704. The van der Waals surface area contributed by atoms with E-state index in [2.05, 4.69) is 80.8 Å². The second-order valence-corrected chi connectivity index (χ2v) is 6.83. The Morgan fingerprint density at radius 3 is 1.83 bits per heavy atom. The molecule has 0 aliphatic carbocycles. The van der Waals surface area contributed by atoms with Gasteiger partial charge in [0, 0.05) is 5.39 Å². The van der Waals surface area contributed by atoms with Crippen LogP contribution in [-0.2, 0) is 0 Å². The van der Waals surface area contributed by atoms with Crippen LogP contribution in [0.25, 0.3) is 32.6 Å². The quantitative estimate of drug-likeness (QED) is 0.341. The first-order valence-electron chi connectivity index (χ1n) is 8.37. The maximum Gasteiger partial charge on any atom is 0.350 e. The van der Waals surface area contributed by atoms with Crippen LogP contribution in [0.3, 0.4) is 0 Å². The summed E-state index contributed by atoms with van der Waals surface area (Å²) in [5.41, 5.74) is 2.23. The highest BCUT2D eigenvalue weighted by Gasteiger charge is 2.30. The van der Waals surface area contributed by atoms with Crippen LogP contribution in [0.15, 0.2) is 52.9 Å². The molecule has 2 heteroatoms. The Balaban J connectivity index is 2.35. The summed E-state index contributed by atoms with van der Waals surface area (Å²) in [7, 11) is 0. The summed E-state index contributed by atoms with van der Waals surface area (Å²) in [5, 5.41) is 5.02. The molecule has 1 heterocycles. The molecular formula is C21H22NO+.